The van der Waals surface area contributed by atoms with Crippen LogP contribution in [-0.2, 0) is 19.1 Å². The fourth-order valence-electron chi connectivity index (χ4n) is 4.03. The van der Waals surface area contributed by atoms with Crippen molar-refractivity contribution in [2.24, 2.45) is 5.73 Å². The number of carbonyl (C=O) groups is 3. The third-order valence-corrected chi connectivity index (χ3v) is 5.73. The van der Waals surface area contributed by atoms with E-state index < -0.39 is 60.6 Å². The van der Waals surface area contributed by atoms with E-state index in [1.807, 2.05) is 0 Å². The molecular weight excluding hydrogens is 452 g/mol. The van der Waals surface area contributed by atoms with Crippen LogP contribution in [0.1, 0.15) is 19.8 Å². The largest absolute Gasteiger partial charge is 0.478 e. The molecule has 34 heavy (non-hydrogen) atoms. The van der Waals surface area contributed by atoms with Crippen molar-refractivity contribution in [1.82, 2.24) is 20.4 Å². The predicted molar refractivity (Wildman–Crippen MR) is 118 cm³/mol. The summed E-state index contributed by atoms with van der Waals surface area (Å²) in [4.78, 5) is 39.1. The van der Waals surface area contributed by atoms with Gasteiger partial charge in [0.1, 0.15) is 18.3 Å². The molecule has 0 aromatic carbocycles. The Hall–Kier alpha value is -2.94. The van der Waals surface area contributed by atoms with E-state index in [1.165, 1.54) is 11.8 Å². The summed E-state index contributed by atoms with van der Waals surface area (Å²) >= 11 is 0. The maximum Gasteiger partial charge on any atom is 0.370 e. The van der Waals surface area contributed by atoms with E-state index in [0.717, 1.165) is 6.08 Å². The molecule has 192 valence electrons. The van der Waals surface area contributed by atoms with Gasteiger partial charge in [-0.2, -0.15) is 0 Å². The lowest BCUT2D eigenvalue weighted by molar-refractivity contribution is -0.147. The molecular formula is C20H34N6O8. The van der Waals surface area contributed by atoms with Gasteiger partial charge in [0.2, 0.25) is 17.6 Å². The molecule has 0 aromatic heterocycles. The molecule has 1 saturated heterocycles. The Bertz CT molecular complexity index is 787. The highest BCUT2D eigenvalue weighted by molar-refractivity contribution is 5.85. The SMILES string of the molecule is CC(=O)N[C@H]1[C@H]([C@H](O)[C@H](O)CO)OC(C(=O)O)=C[C@@H]1N(CCCC(=O)N1CCNCC1)C(=N)N. The Labute approximate surface area is 196 Å². The van der Waals surface area contributed by atoms with Crippen molar-refractivity contribution in [2.45, 2.75) is 50.2 Å². The number of rotatable bonds is 10. The molecule has 9 N–H and O–H groups in total. The fraction of sp³-hybridized carbons (Fsp3) is 0.700. The van der Waals surface area contributed by atoms with Crippen LogP contribution in [0.25, 0.3) is 0 Å². The van der Waals surface area contributed by atoms with Crippen LogP contribution in [0.15, 0.2) is 11.8 Å². The predicted octanol–water partition coefficient (Wildman–Crippen LogP) is -3.65. The number of amides is 2. The first kappa shape index (κ1) is 27.3. The number of aliphatic carboxylic acids is 1. The van der Waals surface area contributed by atoms with Gasteiger partial charge in [-0.1, -0.05) is 0 Å². The molecule has 14 heteroatoms. The van der Waals surface area contributed by atoms with Crippen molar-refractivity contribution >= 4 is 23.7 Å². The summed E-state index contributed by atoms with van der Waals surface area (Å²) in [5, 5.41) is 52.9. The van der Waals surface area contributed by atoms with E-state index in [-0.39, 0.29) is 25.3 Å². The topological polar surface area (TPSA) is 222 Å². The van der Waals surface area contributed by atoms with E-state index in [4.69, 9.17) is 15.9 Å². The van der Waals surface area contributed by atoms with Crippen LogP contribution in [0.3, 0.4) is 0 Å². The fourth-order valence-corrected chi connectivity index (χ4v) is 4.03. The maximum absolute atomic E-state index is 12.5. The van der Waals surface area contributed by atoms with Crippen LogP contribution in [-0.4, -0.2) is 124 Å². The average Bonchev–Trinajstić information content (AvgIpc) is 2.80. The van der Waals surface area contributed by atoms with E-state index in [9.17, 15) is 34.8 Å². The van der Waals surface area contributed by atoms with Crippen LogP contribution in [0.4, 0.5) is 0 Å². The van der Waals surface area contributed by atoms with Crippen molar-refractivity contribution in [1.29, 1.82) is 5.41 Å². The second-order valence-corrected chi connectivity index (χ2v) is 8.19. The third kappa shape index (κ3) is 7.03. The number of guanidine groups is 1. The van der Waals surface area contributed by atoms with Crippen LogP contribution in [0.5, 0.6) is 0 Å². The molecule has 0 unspecified atom stereocenters. The normalized spacial score (nSPS) is 24.3. The number of carbonyl (C=O) groups excluding carboxylic acids is 2. The summed E-state index contributed by atoms with van der Waals surface area (Å²) in [6.45, 7) is 3.03. The van der Waals surface area contributed by atoms with Crippen LogP contribution in [0, 0.1) is 5.41 Å². The second-order valence-electron chi connectivity index (χ2n) is 8.19. The lowest BCUT2D eigenvalue weighted by atomic mass is 9.91. The highest BCUT2D eigenvalue weighted by Gasteiger charge is 2.45. The van der Waals surface area contributed by atoms with Gasteiger partial charge in [0.25, 0.3) is 0 Å². The Balaban J connectivity index is 2.27. The Kier molecular flexibility index (Phi) is 10.0. The number of aliphatic hydroxyl groups is 3. The molecule has 0 spiro atoms. The lowest BCUT2D eigenvalue weighted by Gasteiger charge is -2.44. The highest BCUT2D eigenvalue weighted by atomic mass is 16.5. The minimum Gasteiger partial charge on any atom is -0.478 e. The first-order chi connectivity index (χ1) is 16.1. The summed E-state index contributed by atoms with van der Waals surface area (Å²) in [6.07, 6.45) is -3.32. The Morgan fingerprint density at radius 1 is 1.35 bits per heavy atom. The van der Waals surface area contributed by atoms with Crippen molar-refractivity contribution in [3.8, 4) is 0 Å². The standard InChI is InChI=1S/C20H34N6O8/c1-11(28)24-16-12(9-14(19(32)33)34-18(16)17(31)13(29)10-27)26(20(21)22)6-2-3-15(30)25-7-4-23-5-8-25/h9,12-13,16-18,23,27,29,31H,2-8,10H2,1H3,(H3,21,22)(H,24,28)(H,32,33)/t12-,13+,16+,17+,18+/m0/s1. The van der Waals surface area contributed by atoms with Crippen LogP contribution < -0.4 is 16.4 Å². The summed E-state index contributed by atoms with van der Waals surface area (Å²) in [7, 11) is 0. The van der Waals surface area contributed by atoms with Crippen molar-refractivity contribution in [2.75, 3.05) is 39.3 Å². The summed E-state index contributed by atoms with van der Waals surface area (Å²) in [6, 6.07) is -2.19. The van der Waals surface area contributed by atoms with Crippen molar-refractivity contribution < 1.29 is 39.5 Å². The third-order valence-electron chi connectivity index (χ3n) is 5.73. The molecule has 2 heterocycles. The molecule has 0 radical (unpaired) electrons. The van der Waals surface area contributed by atoms with Gasteiger partial charge >= 0.3 is 5.97 Å². The molecule has 5 atom stereocenters. The van der Waals surface area contributed by atoms with Crippen LogP contribution >= 0.6 is 0 Å². The van der Waals surface area contributed by atoms with E-state index in [2.05, 4.69) is 10.6 Å². The monoisotopic (exact) mass is 486 g/mol. The molecule has 0 aromatic rings. The van der Waals surface area contributed by atoms with Gasteiger partial charge in [-0.15, -0.1) is 0 Å². The molecule has 0 saturated carbocycles. The zero-order chi connectivity index (χ0) is 25.4. The molecule has 0 bridgehead atoms. The van der Waals surface area contributed by atoms with Gasteiger partial charge in [-0.25, -0.2) is 4.79 Å². The minimum absolute atomic E-state index is 0.0588. The van der Waals surface area contributed by atoms with E-state index >= 15 is 0 Å². The summed E-state index contributed by atoms with van der Waals surface area (Å²) in [5.41, 5.74) is 5.77. The summed E-state index contributed by atoms with van der Waals surface area (Å²) < 4.78 is 5.35. The van der Waals surface area contributed by atoms with E-state index in [1.54, 1.807) is 4.90 Å². The van der Waals surface area contributed by atoms with Gasteiger partial charge < -0.3 is 51.3 Å². The van der Waals surface area contributed by atoms with Crippen molar-refractivity contribution in [3.05, 3.63) is 11.8 Å². The van der Waals surface area contributed by atoms with Crippen molar-refractivity contribution in [3.63, 3.8) is 0 Å². The van der Waals surface area contributed by atoms with E-state index in [0.29, 0.717) is 26.2 Å². The average molecular weight is 487 g/mol. The first-order valence-electron chi connectivity index (χ1n) is 11.0. The maximum atomic E-state index is 12.5. The Morgan fingerprint density at radius 3 is 2.53 bits per heavy atom. The highest BCUT2D eigenvalue weighted by Crippen LogP contribution is 2.26. The van der Waals surface area contributed by atoms with Gasteiger partial charge in [-0.3, -0.25) is 15.0 Å². The minimum atomic E-state index is -1.77. The molecule has 1 fully saturated rings. The van der Waals surface area contributed by atoms with Gasteiger partial charge in [0, 0.05) is 46.1 Å². The van der Waals surface area contributed by atoms with Crippen LogP contribution in [0.2, 0.25) is 0 Å². The Morgan fingerprint density at radius 2 is 2.00 bits per heavy atom. The number of carboxylic acids is 1. The number of nitrogens with zero attached hydrogens (tertiary/aromatic N) is 2. The zero-order valence-corrected chi connectivity index (χ0v) is 19.0. The molecule has 2 amide bonds. The number of nitrogens with two attached hydrogens (primary N) is 1. The van der Waals surface area contributed by atoms with Gasteiger partial charge in [0.15, 0.2) is 5.96 Å². The molecule has 2 aliphatic heterocycles. The smallest absolute Gasteiger partial charge is 0.370 e. The van der Waals surface area contributed by atoms with Gasteiger partial charge in [0.05, 0.1) is 18.7 Å². The second kappa shape index (κ2) is 12.5. The molecule has 2 aliphatic rings. The number of hydrogen-bond acceptors (Lipinski definition) is 9. The number of ether oxygens (including phenoxy) is 1. The molecule has 0 aliphatic carbocycles. The lowest BCUT2D eigenvalue weighted by Crippen LogP contribution is -2.65. The molecule has 2 rings (SSSR count). The number of piperazine rings is 1. The number of hydrogen-bond donors (Lipinski definition) is 8. The number of nitrogens with one attached hydrogen (secondary N) is 3. The van der Waals surface area contributed by atoms with Gasteiger partial charge in [-0.05, 0) is 12.5 Å². The quantitative estimate of drug-likeness (QED) is 0.111. The summed E-state index contributed by atoms with van der Waals surface area (Å²) in [5.74, 6) is -3.10. The number of aliphatic hydroxyl groups excluding tert-OH is 3. The number of carboxylic acid groups (broad SMARTS) is 1. The first-order valence-corrected chi connectivity index (χ1v) is 11.0. The zero-order valence-electron chi connectivity index (χ0n) is 19.0. The molecule has 14 nitrogen and oxygen atoms in total.